The van der Waals surface area contributed by atoms with Gasteiger partial charge in [0, 0.05) is 25.0 Å². The summed E-state index contributed by atoms with van der Waals surface area (Å²) in [5.74, 6) is 0.0122. The monoisotopic (exact) mass is 210 g/mol. The molecule has 3 nitrogen and oxygen atoms in total. The Labute approximate surface area is 88.1 Å². The van der Waals surface area contributed by atoms with Gasteiger partial charge < -0.3 is 4.90 Å². The molecule has 0 radical (unpaired) electrons. The molecule has 0 aromatic carbocycles. The fourth-order valence-electron chi connectivity index (χ4n) is 0.896. The zero-order chi connectivity index (χ0) is 10.6. The van der Waals surface area contributed by atoms with Crippen LogP contribution in [-0.4, -0.2) is 29.4 Å². The molecule has 0 aliphatic rings. The standard InChI is InChI=1S/C10H14N2OS/c1-4-12(3)10(13)6-5-9-7-14-8(2)11-9/h5-7H,4H2,1-3H3/b6-5+. The van der Waals surface area contributed by atoms with Crippen LogP contribution in [0.3, 0.4) is 0 Å². The Morgan fingerprint density at radius 3 is 2.93 bits per heavy atom. The van der Waals surface area contributed by atoms with Crippen molar-refractivity contribution < 1.29 is 4.79 Å². The van der Waals surface area contributed by atoms with Crippen LogP contribution < -0.4 is 0 Å². The highest BCUT2D eigenvalue weighted by atomic mass is 32.1. The number of hydrogen-bond donors (Lipinski definition) is 0. The van der Waals surface area contributed by atoms with Gasteiger partial charge in [-0.05, 0) is 19.9 Å². The molecule has 14 heavy (non-hydrogen) atoms. The molecule has 1 amide bonds. The van der Waals surface area contributed by atoms with Crippen molar-refractivity contribution in [3.05, 3.63) is 22.2 Å². The summed E-state index contributed by atoms with van der Waals surface area (Å²) in [6.45, 7) is 4.61. The lowest BCUT2D eigenvalue weighted by Crippen LogP contribution is -2.23. The van der Waals surface area contributed by atoms with E-state index in [9.17, 15) is 4.79 Å². The number of thiazole rings is 1. The maximum absolute atomic E-state index is 11.4. The minimum absolute atomic E-state index is 0.0122. The van der Waals surface area contributed by atoms with Gasteiger partial charge in [-0.3, -0.25) is 4.79 Å². The normalized spacial score (nSPS) is 10.8. The van der Waals surface area contributed by atoms with Crippen LogP contribution in [0.4, 0.5) is 0 Å². The van der Waals surface area contributed by atoms with E-state index in [-0.39, 0.29) is 5.91 Å². The number of amides is 1. The van der Waals surface area contributed by atoms with Gasteiger partial charge in [0.15, 0.2) is 0 Å². The molecule has 1 rings (SSSR count). The average molecular weight is 210 g/mol. The second-order valence-electron chi connectivity index (χ2n) is 2.98. The second-order valence-corrected chi connectivity index (χ2v) is 4.04. The molecule has 0 unspecified atom stereocenters. The Morgan fingerprint density at radius 2 is 2.43 bits per heavy atom. The van der Waals surface area contributed by atoms with Gasteiger partial charge in [0.2, 0.25) is 5.91 Å². The summed E-state index contributed by atoms with van der Waals surface area (Å²) in [5.41, 5.74) is 0.852. The molecule has 0 saturated carbocycles. The Bertz CT molecular complexity index is 344. The number of carbonyl (C=O) groups excluding carboxylic acids is 1. The summed E-state index contributed by atoms with van der Waals surface area (Å²) in [7, 11) is 1.78. The third kappa shape index (κ3) is 2.96. The second kappa shape index (κ2) is 4.91. The number of aromatic nitrogens is 1. The molecule has 0 saturated heterocycles. The third-order valence-corrected chi connectivity index (χ3v) is 2.68. The van der Waals surface area contributed by atoms with E-state index in [1.807, 2.05) is 19.2 Å². The van der Waals surface area contributed by atoms with Crippen LogP contribution in [0.1, 0.15) is 17.6 Å². The number of likely N-dealkylation sites (N-methyl/N-ethyl adjacent to an activating group) is 1. The smallest absolute Gasteiger partial charge is 0.246 e. The van der Waals surface area contributed by atoms with Gasteiger partial charge >= 0.3 is 0 Å². The van der Waals surface area contributed by atoms with Crippen LogP contribution >= 0.6 is 11.3 Å². The van der Waals surface area contributed by atoms with E-state index >= 15 is 0 Å². The lowest BCUT2D eigenvalue weighted by atomic mass is 10.4. The van der Waals surface area contributed by atoms with E-state index in [2.05, 4.69) is 4.98 Å². The molecular formula is C10H14N2OS. The SMILES string of the molecule is CCN(C)C(=O)/C=C/c1csc(C)n1. The Balaban J connectivity index is 2.60. The highest BCUT2D eigenvalue weighted by Crippen LogP contribution is 2.09. The molecular weight excluding hydrogens is 196 g/mol. The molecule has 1 heterocycles. The first kappa shape index (κ1) is 10.9. The molecule has 76 valence electrons. The van der Waals surface area contributed by atoms with E-state index < -0.39 is 0 Å². The summed E-state index contributed by atoms with van der Waals surface area (Å²) in [5, 5.41) is 2.95. The van der Waals surface area contributed by atoms with Crippen molar-refractivity contribution in [2.24, 2.45) is 0 Å². The minimum atomic E-state index is 0.0122. The molecule has 0 fully saturated rings. The lowest BCUT2D eigenvalue weighted by Gasteiger charge is -2.10. The Morgan fingerprint density at radius 1 is 1.71 bits per heavy atom. The molecule has 0 spiro atoms. The van der Waals surface area contributed by atoms with Crippen molar-refractivity contribution in [1.29, 1.82) is 0 Å². The van der Waals surface area contributed by atoms with E-state index in [4.69, 9.17) is 0 Å². The molecule has 1 aromatic heterocycles. The molecule has 0 aliphatic heterocycles. The van der Waals surface area contributed by atoms with Gasteiger partial charge in [-0.1, -0.05) is 0 Å². The first-order chi connectivity index (χ1) is 6.63. The fourth-order valence-corrected chi connectivity index (χ4v) is 1.48. The van der Waals surface area contributed by atoms with Crippen LogP contribution in [0.2, 0.25) is 0 Å². The van der Waals surface area contributed by atoms with Crippen LogP contribution in [0.5, 0.6) is 0 Å². The van der Waals surface area contributed by atoms with Crippen molar-refractivity contribution in [1.82, 2.24) is 9.88 Å². The number of aryl methyl sites for hydroxylation is 1. The molecule has 0 bridgehead atoms. The van der Waals surface area contributed by atoms with Gasteiger partial charge in [-0.15, -0.1) is 11.3 Å². The minimum Gasteiger partial charge on any atom is -0.343 e. The topological polar surface area (TPSA) is 33.2 Å². The van der Waals surface area contributed by atoms with Crippen LogP contribution in [0, 0.1) is 6.92 Å². The lowest BCUT2D eigenvalue weighted by molar-refractivity contribution is -0.124. The maximum atomic E-state index is 11.4. The quantitative estimate of drug-likeness (QED) is 0.714. The van der Waals surface area contributed by atoms with Crippen LogP contribution in [0.25, 0.3) is 6.08 Å². The fraction of sp³-hybridized carbons (Fsp3) is 0.400. The largest absolute Gasteiger partial charge is 0.343 e. The van der Waals surface area contributed by atoms with E-state index in [1.54, 1.807) is 35.4 Å². The highest BCUT2D eigenvalue weighted by Gasteiger charge is 2.01. The van der Waals surface area contributed by atoms with Gasteiger partial charge in [0.25, 0.3) is 0 Å². The average Bonchev–Trinajstić information content (AvgIpc) is 2.59. The first-order valence-corrected chi connectivity index (χ1v) is 5.36. The maximum Gasteiger partial charge on any atom is 0.246 e. The van der Waals surface area contributed by atoms with Crippen molar-refractivity contribution in [2.75, 3.05) is 13.6 Å². The number of carbonyl (C=O) groups is 1. The zero-order valence-electron chi connectivity index (χ0n) is 8.65. The summed E-state index contributed by atoms with van der Waals surface area (Å²) >= 11 is 1.58. The third-order valence-electron chi connectivity index (χ3n) is 1.88. The first-order valence-electron chi connectivity index (χ1n) is 4.48. The summed E-state index contributed by atoms with van der Waals surface area (Å²) in [6, 6.07) is 0. The van der Waals surface area contributed by atoms with Crippen LogP contribution in [-0.2, 0) is 4.79 Å². The number of rotatable bonds is 3. The predicted molar refractivity (Wildman–Crippen MR) is 59.2 cm³/mol. The van der Waals surface area contributed by atoms with Gasteiger partial charge in [-0.25, -0.2) is 4.98 Å². The van der Waals surface area contributed by atoms with Gasteiger partial charge in [-0.2, -0.15) is 0 Å². The van der Waals surface area contributed by atoms with Crippen molar-refractivity contribution in [3.8, 4) is 0 Å². The van der Waals surface area contributed by atoms with E-state index in [1.165, 1.54) is 0 Å². The van der Waals surface area contributed by atoms with Crippen molar-refractivity contribution >= 4 is 23.3 Å². The Hall–Kier alpha value is -1.16. The molecule has 0 N–H and O–H groups in total. The van der Waals surface area contributed by atoms with Crippen molar-refractivity contribution in [3.63, 3.8) is 0 Å². The zero-order valence-corrected chi connectivity index (χ0v) is 9.47. The highest BCUT2D eigenvalue weighted by molar-refractivity contribution is 7.09. The van der Waals surface area contributed by atoms with Crippen molar-refractivity contribution in [2.45, 2.75) is 13.8 Å². The van der Waals surface area contributed by atoms with E-state index in [0.717, 1.165) is 17.2 Å². The van der Waals surface area contributed by atoms with Crippen LogP contribution in [0.15, 0.2) is 11.5 Å². The van der Waals surface area contributed by atoms with E-state index in [0.29, 0.717) is 0 Å². The summed E-state index contributed by atoms with van der Waals surface area (Å²) < 4.78 is 0. The summed E-state index contributed by atoms with van der Waals surface area (Å²) in [4.78, 5) is 17.2. The molecule has 4 heteroatoms. The molecule has 0 atom stereocenters. The van der Waals surface area contributed by atoms with Gasteiger partial charge in [0.1, 0.15) is 0 Å². The number of nitrogens with zero attached hydrogens (tertiary/aromatic N) is 2. The Kier molecular flexibility index (Phi) is 3.83. The molecule has 0 aliphatic carbocycles. The van der Waals surface area contributed by atoms with Gasteiger partial charge in [0.05, 0.1) is 10.7 Å². The molecule has 1 aromatic rings. The summed E-state index contributed by atoms with van der Waals surface area (Å²) in [6.07, 6.45) is 3.30. The predicted octanol–water partition coefficient (Wildman–Crippen LogP) is 1.94. The number of hydrogen-bond acceptors (Lipinski definition) is 3.